The number of nitrogens with one attached hydrogen (secondary N) is 1. The van der Waals surface area contributed by atoms with Gasteiger partial charge in [0, 0.05) is 25.3 Å². The monoisotopic (exact) mass is 233 g/mol. The Morgan fingerprint density at radius 3 is 2.82 bits per heavy atom. The second-order valence-electron chi connectivity index (χ2n) is 4.70. The number of aromatic nitrogens is 1. The first-order valence-electron chi connectivity index (χ1n) is 6.45. The Hall–Kier alpha value is -1.13. The summed E-state index contributed by atoms with van der Waals surface area (Å²) in [5, 5.41) is 3.50. The highest BCUT2D eigenvalue weighted by molar-refractivity contribution is 5.40. The lowest BCUT2D eigenvalue weighted by molar-refractivity contribution is 0.122. The molecular formula is C13H19N3O. The summed E-state index contributed by atoms with van der Waals surface area (Å²) < 4.78 is 5.35. The molecule has 92 valence electrons. The van der Waals surface area contributed by atoms with Crippen LogP contribution in [-0.2, 0) is 4.74 Å². The molecular weight excluding hydrogens is 214 g/mol. The minimum atomic E-state index is 0.515. The maximum Gasteiger partial charge on any atom is 0.128 e. The SMILES string of the molecule is c1cc(N2CCOCC2)ncc1[C@@H]1CCCN1. The number of ether oxygens (including phenoxy) is 1. The molecule has 2 aliphatic heterocycles. The van der Waals surface area contributed by atoms with E-state index in [0.717, 1.165) is 38.7 Å². The molecule has 0 spiro atoms. The predicted octanol–water partition coefficient (Wildman–Crippen LogP) is 1.34. The van der Waals surface area contributed by atoms with Gasteiger partial charge in [0.15, 0.2) is 0 Å². The molecule has 0 aliphatic carbocycles. The first-order chi connectivity index (χ1) is 8.43. The first kappa shape index (κ1) is 11.0. The van der Waals surface area contributed by atoms with Gasteiger partial charge in [0.2, 0.25) is 0 Å². The van der Waals surface area contributed by atoms with Crippen molar-refractivity contribution in [2.24, 2.45) is 0 Å². The number of nitrogens with zero attached hydrogens (tertiary/aromatic N) is 2. The zero-order valence-electron chi connectivity index (χ0n) is 10.1. The molecule has 4 heteroatoms. The van der Waals surface area contributed by atoms with Crippen molar-refractivity contribution in [2.75, 3.05) is 37.7 Å². The Morgan fingerprint density at radius 2 is 2.18 bits per heavy atom. The fourth-order valence-electron chi connectivity index (χ4n) is 2.55. The molecule has 0 unspecified atom stereocenters. The van der Waals surface area contributed by atoms with Crippen molar-refractivity contribution in [3.8, 4) is 0 Å². The van der Waals surface area contributed by atoms with E-state index in [1.807, 2.05) is 6.20 Å². The summed E-state index contributed by atoms with van der Waals surface area (Å²) in [7, 11) is 0. The van der Waals surface area contributed by atoms with E-state index in [1.165, 1.54) is 18.4 Å². The van der Waals surface area contributed by atoms with Gasteiger partial charge in [-0.15, -0.1) is 0 Å². The van der Waals surface area contributed by atoms with E-state index in [0.29, 0.717) is 6.04 Å². The highest BCUT2D eigenvalue weighted by Crippen LogP contribution is 2.23. The van der Waals surface area contributed by atoms with Gasteiger partial charge in [-0.1, -0.05) is 6.07 Å². The number of morpholine rings is 1. The van der Waals surface area contributed by atoms with Crippen LogP contribution in [0.2, 0.25) is 0 Å². The Morgan fingerprint density at radius 1 is 1.29 bits per heavy atom. The smallest absolute Gasteiger partial charge is 0.128 e. The van der Waals surface area contributed by atoms with Crippen LogP contribution in [-0.4, -0.2) is 37.8 Å². The normalized spacial score (nSPS) is 25.2. The third-order valence-corrected chi connectivity index (χ3v) is 3.57. The molecule has 1 aromatic heterocycles. The van der Waals surface area contributed by atoms with Crippen LogP contribution in [0.5, 0.6) is 0 Å². The molecule has 1 atom stereocenters. The van der Waals surface area contributed by atoms with Crippen LogP contribution in [0.4, 0.5) is 5.82 Å². The zero-order chi connectivity index (χ0) is 11.5. The van der Waals surface area contributed by atoms with Gasteiger partial charge in [0.25, 0.3) is 0 Å². The standard InChI is InChI=1S/C13H19N3O/c1-2-12(14-5-1)11-3-4-13(15-10-11)16-6-8-17-9-7-16/h3-4,10,12,14H,1-2,5-9H2/t12-/m0/s1. The topological polar surface area (TPSA) is 37.4 Å². The second-order valence-corrected chi connectivity index (χ2v) is 4.70. The van der Waals surface area contributed by atoms with E-state index >= 15 is 0 Å². The Bertz CT molecular complexity index is 353. The van der Waals surface area contributed by atoms with Crippen LogP contribution in [0.3, 0.4) is 0 Å². The Labute approximate surface area is 102 Å². The molecule has 3 rings (SSSR count). The summed E-state index contributed by atoms with van der Waals surface area (Å²) in [4.78, 5) is 6.86. The number of hydrogen-bond acceptors (Lipinski definition) is 4. The second kappa shape index (κ2) is 5.02. The summed E-state index contributed by atoms with van der Waals surface area (Å²) in [5.74, 6) is 1.08. The van der Waals surface area contributed by atoms with Gasteiger partial charge < -0.3 is 15.0 Å². The average Bonchev–Trinajstić information content (AvgIpc) is 2.94. The highest BCUT2D eigenvalue weighted by atomic mass is 16.5. The average molecular weight is 233 g/mol. The number of anilines is 1. The molecule has 4 nitrogen and oxygen atoms in total. The third-order valence-electron chi connectivity index (χ3n) is 3.57. The van der Waals surface area contributed by atoms with E-state index in [1.54, 1.807) is 0 Å². The van der Waals surface area contributed by atoms with Crippen LogP contribution in [0.1, 0.15) is 24.4 Å². The summed E-state index contributed by atoms with van der Waals surface area (Å²) in [6.07, 6.45) is 4.53. The maximum absolute atomic E-state index is 5.35. The van der Waals surface area contributed by atoms with E-state index < -0.39 is 0 Å². The molecule has 0 radical (unpaired) electrons. The van der Waals surface area contributed by atoms with Crippen molar-refractivity contribution in [2.45, 2.75) is 18.9 Å². The summed E-state index contributed by atoms with van der Waals surface area (Å²) in [6.45, 7) is 4.67. The fourth-order valence-corrected chi connectivity index (χ4v) is 2.55. The van der Waals surface area contributed by atoms with E-state index in [2.05, 4.69) is 27.3 Å². The van der Waals surface area contributed by atoms with Crippen LogP contribution < -0.4 is 10.2 Å². The lowest BCUT2D eigenvalue weighted by Gasteiger charge is -2.28. The number of pyridine rings is 1. The molecule has 1 aromatic rings. The minimum absolute atomic E-state index is 0.515. The summed E-state index contributed by atoms with van der Waals surface area (Å²) in [5.41, 5.74) is 1.32. The van der Waals surface area contributed by atoms with Gasteiger partial charge in [-0.3, -0.25) is 0 Å². The van der Waals surface area contributed by atoms with Gasteiger partial charge in [0.1, 0.15) is 5.82 Å². The van der Waals surface area contributed by atoms with Crippen molar-refractivity contribution in [3.63, 3.8) is 0 Å². The fraction of sp³-hybridized carbons (Fsp3) is 0.615. The molecule has 3 heterocycles. The van der Waals surface area contributed by atoms with Crippen LogP contribution >= 0.6 is 0 Å². The molecule has 2 fully saturated rings. The quantitative estimate of drug-likeness (QED) is 0.836. The van der Waals surface area contributed by atoms with Crippen molar-refractivity contribution in [3.05, 3.63) is 23.9 Å². The molecule has 17 heavy (non-hydrogen) atoms. The first-order valence-corrected chi connectivity index (χ1v) is 6.45. The summed E-state index contributed by atoms with van der Waals surface area (Å²) >= 11 is 0. The lowest BCUT2D eigenvalue weighted by Crippen LogP contribution is -2.36. The van der Waals surface area contributed by atoms with E-state index in [4.69, 9.17) is 4.74 Å². The van der Waals surface area contributed by atoms with Crippen LogP contribution in [0, 0.1) is 0 Å². The van der Waals surface area contributed by atoms with E-state index in [-0.39, 0.29) is 0 Å². The molecule has 0 bridgehead atoms. The van der Waals surface area contributed by atoms with Crippen molar-refractivity contribution >= 4 is 5.82 Å². The minimum Gasteiger partial charge on any atom is -0.378 e. The largest absolute Gasteiger partial charge is 0.378 e. The molecule has 1 N–H and O–H groups in total. The molecule has 0 aromatic carbocycles. The molecule has 2 saturated heterocycles. The third kappa shape index (κ3) is 2.42. The van der Waals surface area contributed by atoms with Crippen molar-refractivity contribution in [1.29, 1.82) is 0 Å². The van der Waals surface area contributed by atoms with Crippen LogP contribution in [0.25, 0.3) is 0 Å². The van der Waals surface area contributed by atoms with Gasteiger partial charge in [-0.25, -0.2) is 4.98 Å². The van der Waals surface area contributed by atoms with Gasteiger partial charge >= 0.3 is 0 Å². The van der Waals surface area contributed by atoms with Gasteiger partial charge in [-0.05, 0) is 31.0 Å². The molecule has 0 saturated carbocycles. The van der Waals surface area contributed by atoms with E-state index in [9.17, 15) is 0 Å². The van der Waals surface area contributed by atoms with Crippen molar-refractivity contribution < 1.29 is 4.74 Å². The Kier molecular flexibility index (Phi) is 3.25. The lowest BCUT2D eigenvalue weighted by atomic mass is 10.1. The van der Waals surface area contributed by atoms with Crippen LogP contribution in [0.15, 0.2) is 18.3 Å². The number of rotatable bonds is 2. The van der Waals surface area contributed by atoms with Gasteiger partial charge in [-0.2, -0.15) is 0 Å². The molecule has 2 aliphatic rings. The predicted molar refractivity (Wildman–Crippen MR) is 67.2 cm³/mol. The Balaban J connectivity index is 1.70. The zero-order valence-corrected chi connectivity index (χ0v) is 10.1. The van der Waals surface area contributed by atoms with Gasteiger partial charge in [0.05, 0.1) is 13.2 Å². The van der Waals surface area contributed by atoms with Crippen molar-refractivity contribution in [1.82, 2.24) is 10.3 Å². The molecule has 0 amide bonds. The summed E-state index contributed by atoms with van der Waals surface area (Å²) in [6, 6.07) is 4.86. The maximum atomic E-state index is 5.35. The number of hydrogen-bond donors (Lipinski definition) is 1. The highest BCUT2D eigenvalue weighted by Gasteiger charge is 2.17.